The molecule has 184 valence electrons. The third-order valence-electron chi connectivity index (χ3n) is 9.23. The van der Waals surface area contributed by atoms with E-state index in [4.69, 9.17) is 0 Å². The second-order valence-corrected chi connectivity index (χ2v) is 12.9. The lowest BCUT2D eigenvalue weighted by molar-refractivity contribution is 0.659. The lowest BCUT2D eigenvalue weighted by Crippen LogP contribution is -2.17. The summed E-state index contributed by atoms with van der Waals surface area (Å²) in [7, 11) is 0. The van der Waals surface area contributed by atoms with Crippen molar-refractivity contribution in [3.63, 3.8) is 0 Å². The molecule has 8 rings (SSSR count). The Labute approximate surface area is 231 Å². The van der Waals surface area contributed by atoms with Crippen molar-refractivity contribution in [2.45, 2.75) is 38.5 Å². The maximum atomic E-state index is 3.74. The summed E-state index contributed by atoms with van der Waals surface area (Å²) in [4.78, 5) is 0. The molecule has 0 unspecified atom stereocenters. The summed E-state index contributed by atoms with van der Waals surface area (Å²) in [5.74, 6) is 0. The molecule has 5 aromatic carbocycles. The summed E-state index contributed by atoms with van der Waals surface area (Å²) in [5, 5.41) is 2.63. The van der Waals surface area contributed by atoms with Crippen molar-refractivity contribution >= 4 is 37.7 Å². The van der Waals surface area contributed by atoms with E-state index in [9.17, 15) is 0 Å². The van der Waals surface area contributed by atoms with Crippen LogP contribution in [0.3, 0.4) is 0 Å². The van der Waals surface area contributed by atoms with Gasteiger partial charge in [-0.25, -0.2) is 0 Å². The maximum absolute atomic E-state index is 3.74. The van der Waals surface area contributed by atoms with E-state index in [1.54, 1.807) is 0 Å². The molecule has 2 heteroatoms. The smallest absolute Gasteiger partial charge is 0.0588 e. The number of para-hydroxylation sites is 1. The zero-order chi connectivity index (χ0) is 26.0. The van der Waals surface area contributed by atoms with Crippen LogP contribution in [-0.4, -0.2) is 4.57 Å². The van der Waals surface area contributed by atoms with Crippen molar-refractivity contribution in [2.75, 3.05) is 0 Å². The first-order valence-electron chi connectivity index (χ1n) is 13.4. The van der Waals surface area contributed by atoms with Gasteiger partial charge in [0.15, 0.2) is 0 Å². The Morgan fingerprint density at radius 3 is 2.08 bits per heavy atom. The van der Waals surface area contributed by atoms with E-state index in [1.807, 2.05) is 0 Å². The molecule has 0 saturated carbocycles. The van der Waals surface area contributed by atoms with Crippen LogP contribution in [0.15, 0.2) is 102 Å². The Morgan fingerprint density at radius 1 is 0.553 bits per heavy atom. The van der Waals surface area contributed by atoms with Gasteiger partial charge in [0.2, 0.25) is 0 Å². The van der Waals surface area contributed by atoms with Crippen LogP contribution in [0, 0.1) is 0 Å². The van der Waals surface area contributed by atoms with Gasteiger partial charge in [0.05, 0.1) is 11.0 Å². The predicted molar refractivity (Wildman–Crippen MR) is 164 cm³/mol. The summed E-state index contributed by atoms with van der Waals surface area (Å²) in [6, 6.07) is 36.3. The molecule has 0 saturated heterocycles. The van der Waals surface area contributed by atoms with Crippen molar-refractivity contribution in [1.29, 1.82) is 0 Å². The molecule has 1 aromatic heterocycles. The fourth-order valence-corrected chi connectivity index (χ4v) is 7.78. The van der Waals surface area contributed by atoms with Gasteiger partial charge in [0.25, 0.3) is 0 Å². The van der Waals surface area contributed by atoms with E-state index >= 15 is 0 Å². The summed E-state index contributed by atoms with van der Waals surface area (Å²) in [6.07, 6.45) is 0. The van der Waals surface area contributed by atoms with Gasteiger partial charge in [-0.3, -0.25) is 0 Å². The summed E-state index contributed by atoms with van der Waals surface area (Å²) in [6.45, 7) is 9.49. The van der Waals surface area contributed by atoms with Crippen molar-refractivity contribution in [1.82, 2.24) is 4.57 Å². The molecule has 1 nitrogen and oxygen atoms in total. The van der Waals surface area contributed by atoms with Crippen molar-refractivity contribution in [3.8, 4) is 27.9 Å². The van der Waals surface area contributed by atoms with Crippen LogP contribution in [0.5, 0.6) is 0 Å². The van der Waals surface area contributed by atoms with Crippen LogP contribution in [0.1, 0.15) is 49.9 Å². The summed E-state index contributed by atoms with van der Waals surface area (Å²) < 4.78 is 3.67. The molecule has 0 radical (unpaired) electrons. The number of fused-ring (bicyclic) bond motifs is 10. The fraction of sp³-hybridized carbons (Fsp3) is 0.167. The average Bonchev–Trinajstić information content (AvgIpc) is 3.45. The van der Waals surface area contributed by atoms with Gasteiger partial charge in [0.1, 0.15) is 0 Å². The van der Waals surface area contributed by atoms with Gasteiger partial charge in [0, 0.05) is 31.8 Å². The topological polar surface area (TPSA) is 4.93 Å². The Hall–Kier alpha value is -3.62. The van der Waals surface area contributed by atoms with Crippen LogP contribution in [0.2, 0.25) is 0 Å². The standard InChI is InChI=1S/C36H28BrN/c1-35(2)29-11-7-5-9-23(29)24-16-14-22(20-31(24)35)38-32-12-8-6-10-26(32)28-18-17-27-25-15-13-21(37)19-30(25)36(3,4)33(27)34(28)38/h5-20H,1-4H3. The molecule has 2 aliphatic carbocycles. The van der Waals surface area contributed by atoms with E-state index in [-0.39, 0.29) is 10.8 Å². The van der Waals surface area contributed by atoms with Crippen molar-refractivity contribution in [3.05, 3.63) is 124 Å². The Morgan fingerprint density at radius 2 is 1.21 bits per heavy atom. The molecule has 0 aliphatic heterocycles. The molecule has 0 bridgehead atoms. The Kier molecular flexibility index (Phi) is 4.28. The monoisotopic (exact) mass is 553 g/mol. The number of hydrogen-bond donors (Lipinski definition) is 0. The van der Waals surface area contributed by atoms with Crippen LogP contribution in [0.4, 0.5) is 0 Å². The number of nitrogens with zero attached hydrogens (tertiary/aromatic N) is 1. The van der Waals surface area contributed by atoms with E-state index < -0.39 is 0 Å². The van der Waals surface area contributed by atoms with Crippen LogP contribution >= 0.6 is 15.9 Å². The maximum Gasteiger partial charge on any atom is 0.0588 e. The third kappa shape index (κ3) is 2.67. The minimum atomic E-state index is -0.119. The first-order valence-corrected chi connectivity index (χ1v) is 14.2. The predicted octanol–water partition coefficient (Wildman–Crippen LogP) is 10.2. The molecule has 6 aromatic rings. The van der Waals surface area contributed by atoms with E-state index in [0.29, 0.717) is 0 Å². The normalized spacial score (nSPS) is 15.9. The number of hydrogen-bond acceptors (Lipinski definition) is 0. The molecular weight excluding hydrogens is 526 g/mol. The highest BCUT2D eigenvalue weighted by Crippen LogP contribution is 2.54. The molecule has 2 aliphatic rings. The van der Waals surface area contributed by atoms with E-state index in [1.165, 1.54) is 72.0 Å². The molecule has 0 N–H and O–H groups in total. The SMILES string of the molecule is CC1(C)c2ccccc2-c2ccc(-n3c4ccccc4c4ccc5c(c43)C(C)(C)c3cc(Br)ccc3-5)cc21. The highest BCUT2D eigenvalue weighted by atomic mass is 79.9. The lowest BCUT2D eigenvalue weighted by atomic mass is 9.81. The number of halogens is 1. The molecular formula is C36H28BrN. The number of benzene rings is 5. The van der Waals surface area contributed by atoms with Gasteiger partial charge >= 0.3 is 0 Å². The molecule has 0 atom stereocenters. The van der Waals surface area contributed by atoms with Crippen LogP contribution < -0.4 is 0 Å². The number of rotatable bonds is 1. The van der Waals surface area contributed by atoms with Crippen molar-refractivity contribution in [2.24, 2.45) is 0 Å². The first kappa shape index (κ1) is 22.4. The van der Waals surface area contributed by atoms with Crippen molar-refractivity contribution < 1.29 is 0 Å². The second-order valence-electron chi connectivity index (χ2n) is 12.0. The molecule has 0 spiro atoms. The van der Waals surface area contributed by atoms with Crippen LogP contribution in [0.25, 0.3) is 49.7 Å². The quantitative estimate of drug-likeness (QED) is 0.191. The minimum absolute atomic E-state index is 0.0373. The Balaban J connectivity index is 1.48. The fourth-order valence-electron chi connectivity index (χ4n) is 7.42. The third-order valence-corrected chi connectivity index (χ3v) is 9.73. The van der Waals surface area contributed by atoms with Gasteiger partial charge in [-0.05, 0) is 74.8 Å². The molecule has 1 heterocycles. The summed E-state index contributed by atoms with van der Waals surface area (Å²) in [5.41, 5.74) is 14.7. The summed E-state index contributed by atoms with van der Waals surface area (Å²) >= 11 is 3.74. The second kappa shape index (κ2) is 7.27. The highest BCUT2D eigenvalue weighted by Gasteiger charge is 2.39. The Bertz CT molecular complexity index is 1990. The largest absolute Gasteiger partial charge is 0.309 e. The van der Waals surface area contributed by atoms with Gasteiger partial charge < -0.3 is 4.57 Å². The molecule has 38 heavy (non-hydrogen) atoms. The van der Waals surface area contributed by atoms with Crippen LogP contribution in [-0.2, 0) is 10.8 Å². The van der Waals surface area contributed by atoms with Gasteiger partial charge in [-0.15, -0.1) is 0 Å². The zero-order valence-electron chi connectivity index (χ0n) is 22.1. The highest BCUT2D eigenvalue weighted by molar-refractivity contribution is 9.10. The lowest BCUT2D eigenvalue weighted by Gasteiger charge is -2.25. The van der Waals surface area contributed by atoms with E-state index in [0.717, 1.165) is 4.47 Å². The average molecular weight is 555 g/mol. The van der Waals surface area contributed by atoms with Gasteiger partial charge in [-0.2, -0.15) is 0 Å². The zero-order valence-corrected chi connectivity index (χ0v) is 23.6. The number of aromatic nitrogens is 1. The minimum Gasteiger partial charge on any atom is -0.309 e. The van der Waals surface area contributed by atoms with Gasteiger partial charge in [-0.1, -0.05) is 110 Å². The molecule has 0 fully saturated rings. The van der Waals surface area contributed by atoms with E-state index in [2.05, 4.69) is 145 Å². The molecule has 0 amide bonds. The first-order chi connectivity index (χ1) is 18.3.